The molecule has 0 saturated heterocycles. The predicted molar refractivity (Wildman–Crippen MR) is 204 cm³/mol. The fraction of sp³-hybridized carbons (Fsp3) is 0.0652. The molecule has 2 aliphatic carbocycles. The van der Waals surface area contributed by atoms with Gasteiger partial charge in [-0.1, -0.05) is 163 Å². The Morgan fingerprint density at radius 3 is 1.62 bits per heavy atom. The van der Waals surface area contributed by atoms with Crippen molar-refractivity contribution in [1.29, 1.82) is 0 Å². The second-order valence-corrected chi connectivity index (χ2v) is 14.1. The molecule has 0 atom stereocenters. The lowest BCUT2D eigenvalue weighted by Crippen LogP contribution is -2.31. The first-order valence-electron chi connectivity index (χ1n) is 17.2. The Hall–Kier alpha value is -5.84. The van der Waals surface area contributed by atoms with Crippen LogP contribution in [0.5, 0.6) is 0 Å². The standard InChI is InChI=1S/C46H31N3S/c1-3-14-30(15-4-1)31-26-28-33(29-27-31)44-47-43(32-16-5-2-6-17-32)48-45(49-44)35-19-13-23-39-42(35)34-18-7-8-20-36(34)46(39)37-21-9-11-24-40(37)50-41-25-12-10-22-38(41)46/h1-26,28H,27,29H2. The third kappa shape index (κ3) is 4.42. The van der Waals surface area contributed by atoms with Crippen molar-refractivity contribution in [2.45, 2.75) is 28.0 Å². The minimum Gasteiger partial charge on any atom is -0.209 e. The lowest BCUT2D eigenvalue weighted by molar-refractivity contribution is 0.722. The van der Waals surface area contributed by atoms with Crippen LogP contribution in [-0.2, 0) is 5.41 Å². The molecule has 4 heteroatoms. The van der Waals surface area contributed by atoms with E-state index in [0.29, 0.717) is 11.6 Å². The molecule has 0 saturated carbocycles. The number of nitrogens with zero attached hydrogens (tertiary/aromatic N) is 3. The van der Waals surface area contributed by atoms with Crippen molar-refractivity contribution in [1.82, 2.24) is 15.0 Å². The van der Waals surface area contributed by atoms with Gasteiger partial charge in [0.15, 0.2) is 17.5 Å². The first-order valence-corrected chi connectivity index (χ1v) is 18.0. The molecule has 2 heterocycles. The summed E-state index contributed by atoms with van der Waals surface area (Å²) < 4.78 is 0. The molecule has 7 aromatic rings. The van der Waals surface area contributed by atoms with Crippen LogP contribution in [0.3, 0.4) is 0 Å². The van der Waals surface area contributed by atoms with Gasteiger partial charge in [0.05, 0.1) is 5.41 Å². The third-order valence-electron chi connectivity index (χ3n) is 10.4. The highest BCUT2D eigenvalue weighted by molar-refractivity contribution is 7.99. The summed E-state index contributed by atoms with van der Waals surface area (Å²) in [4.78, 5) is 18.2. The van der Waals surface area contributed by atoms with Crippen molar-refractivity contribution in [3.05, 3.63) is 197 Å². The van der Waals surface area contributed by atoms with Crippen LogP contribution in [0.1, 0.15) is 46.5 Å². The highest BCUT2D eigenvalue weighted by atomic mass is 32.2. The molecule has 0 N–H and O–H groups in total. The van der Waals surface area contributed by atoms with Gasteiger partial charge in [-0.15, -0.1) is 0 Å². The van der Waals surface area contributed by atoms with Crippen LogP contribution >= 0.6 is 11.8 Å². The summed E-state index contributed by atoms with van der Waals surface area (Å²) >= 11 is 1.87. The molecule has 6 aromatic carbocycles. The molecular formula is C46H31N3S. The molecule has 0 amide bonds. The Balaban J connectivity index is 1.22. The van der Waals surface area contributed by atoms with Gasteiger partial charge in [-0.05, 0) is 75.1 Å². The molecule has 1 aliphatic heterocycles. The second-order valence-electron chi connectivity index (χ2n) is 13.0. The molecule has 10 rings (SSSR count). The maximum absolute atomic E-state index is 5.30. The second kappa shape index (κ2) is 11.6. The lowest BCUT2D eigenvalue weighted by Gasteiger charge is -2.39. The van der Waals surface area contributed by atoms with Gasteiger partial charge in [-0.2, -0.15) is 0 Å². The Labute approximate surface area is 296 Å². The van der Waals surface area contributed by atoms with E-state index >= 15 is 0 Å². The van der Waals surface area contributed by atoms with Crippen LogP contribution in [-0.4, -0.2) is 15.0 Å². The van der Waals surface area contributed by atoms with Gasteiger partial charge in [-0.25, -0.2) is 15.0 Å². The predicted octanol–water partition coefficient (Wildman–Crippen LogP) is 11.3. The highest BCUT2D eigenvalue weighted by Gasteiger charge is 2.50. The van der Waals surface area contributed by atoms with E-state index in [1.54, 1.807) is 0 Å². The number of hydrogen-bond donors (Lipinski definition) is 0. The minimum atomic E-state index is -0.455. The molecule has 0 radical (unpaired) electrons. The van der Waals surface area contributed by atoms with Crippen molar-refractivity contribution < 1.29 is 0 Å². The molecular weight excluding hydrogens is 627 g/mol. The van der Waals surface area contributed by atoms with E-state index in [-0.39, 0.29) is 0 Å². The van der Waals surface area contributed by atoms with E-state index in [0.717, 1.165) is 35.4 Å². The molecule has 3 nitrogen and oxygen atoms in total. The zero-order valence-corrected chi connectivity index (χ0v) is 28.1. The van der Waals surface area contributed by atoms with Crippen LogP contribution < -0.4 is 0 Å². The van der Waals surface area contributed by atoms with E-state index < -0.39 is 5.41 Å². The summed E-state index contributed by atoms with van der Waals surface area (Å²) in [6.07, 6.45) is 6.23. The van der Waals surface area contributed by atoms with E-state index in [1.807, 2.05) is 30.0 Å². The van der Waals surface area contributed by atoms with Crippen molar-refractivity contribution >= 4 is 22.9 Å². The van der Waals surface area contributed by atoms with Gasteiger partial charge in [0.2, 0.25) is 0 Å². The molecule has 0 bridgehead atoms. The first kappa shape index (κ1) is 29.1. The summed E-state index contributed by atoms with van der Waals surface area (Å²) in [5.74, 6) is 2.12. The normalized spacial score (nSPS) is 15.0. The van der Waals surface area contributed by atoms with Gasteiger partial charge >= 0.3 is 0 Å². The van der Waals surface area contributed by atoms with Gasteiger partial charge in [0.1, 0.15) is 0 Å². The van der Waals surface area contributed by atoms with Crippen molar-refractivity contribution in [3.63, 3.8) is 0 Å². The summed E-state index contributed by atoms with van der Waals surface area (Å²) in [6.45, 7) is 0. The first-order chi connectivity index (χ1) is 24.8. The maximum Gasteiger partial charge on any atom is 0.164 e. The average molecular weight is 658 g/mol. The van der Waals surface area contributed by atoms with Gasteiger partial charge in [0.25, 0.3) is 0 Å². The Morgan fingerprint density at radius 1 is 0.400 bits per heavy atom. The Bertz CT molecular complexity index is 2470. The number of rotatable bonds is 4. The van der Waals surface area contributed by atoms with Crippen LogP contribution in [0.2, 0.25) is 0 Å². The Kier molecular flexibility index (Phi) is 6.78. The molecule has 3 aliphatic rings. The fourth-order valence-corrected chi connectivity index (χ4v) is 9.35. The van der Waals surface area contributed by atoms with E-state index in [2.05, 4.69) is 146 Å². The van der Waals surface area contributed by atoms with Crippen molar-refractivity contribution in [3.8, 4) is 33.9 Å². The summed E-state index contributed by atoms with van der Waals surface area (Å²) in [6, 6.07) is 54.4. The summed E-state index contributed by atoms with van der Waals surface area (Å²) in [5, 5.41) is 0. The highest BCUT2D eigenvalue weighted by Crippen LogP contribution is 2.63. The van der Waals surface area contributed by atoms with E-state index in [4.69, 9.17) is 15.0 Å². The molecule has 0 fully saturated rings. The van der Waals surface area contributed by atoms with Crippen LogP contribution in [0.25, 0.3) is 45.0 Å². The third-order valence-corrected chi connectivity index (χ3v) is 11.5. The monoisotopic (exact) mass is 657 g/mol. The smallest absolute Gasteiger partial charge is 0.164 e. The molecule has 1 spiro atoms. The van der Waals surface area contributed by atoms with E-state index in [9.17, 15) is 0 Å². The van der Waals surface area contributed by atoms with Gasteiger partial charge in [-0.3, -0.25) is 0 Å². The summed E-state index contributed by atoms with van der Waals surface area (Å²) in [5.41, 5.74) is 12.9. The average Bonchev–Trinajstić information content (AvgIpc) is 3.49. The molecule has 0 unspecified atom stereocenters. The largest absolute Gasteiger partial charge is 0.209 e. The molecule has 1 aromatic heterocycles. The number of benzene rings is 6. The minimum absolute atomic E-state index is 0.455. The number of hydrogen-bond acceptors (Lipinski definition) is 4. The quantitative estimate of drug-likeness (QED) is 0.189. The van der Waals surface area contributed by atoms with Gasteiger partial charge < -0.3 is 0 Å². The zero-order valence-electron chi connectivity index (χ0n) is 27.3. The van der Waals surface area contributed by atoms with Crippen LogP contribution in [0.4, 0.5) is 0 Å². The van der Waals surface area contributed by atoms with Gasteiger partial charge in [0, 0.05) is 20.9 Å². The topological polar surface area (TPSA) is 38.7 Å². The Morgan fingerprint density at radius 2 is 0.920 bits per heavy atom. The van der Waals surface area contributed by atoms with E-state index in [1.165, 1.54) is 54.3 Å². The van der Waals surface area contributed by atoms with Crippen molar-refractivity contribution in [2.24, 2.45) is 0 Å². The SMILES string of the molecule is C1=C(c2ccccc2)CCC(c2nc(-c3ccccc3)nc(-c3cccc4c3-c3ccccc3C43c4ccccc4Sc4ccccc43)n2)=C1. The number of allylic oxidation sites excluding steroid dienone is 4. The number of aromatic nitrogens is 3. The summed E-state index contributed by atoms with van der Waals surface area (Å²) in [7, 11) is 0. The fourth-order valence-electron chi connectivity index (χ4n) is 8.16. The lowest BCUT2D eigenvalue weighted by atomic mass is 9.67. The zero-order chi connectivity index (χ0) is 33.1. The number of fused-ring (bicyclic) bond motifs is 9. The van der Waals surface area contributed by atoms with Crippen LogP contribution in [0.15, 0.2) is 174 Å². The van der Waals surface area contributed by atoms with Crippen molar-refractivity contribution in [2.75, 3.05) is 0 Å². The molecule has 50 heavy (non-hydrogen) atoms. The van der Waals surface area contributed by atoms with Crippen LogP contribution in [0, 0.1) is 0 Å². The molecule has 236 valence electrons. The maximum atomic E-state index is 5.30.